The number of hydrazone groups is 1. The van der Waals surface area contributed by atoms with E-state index in [1.54, 1.807) is 14.2 Å². The summed E-state index contributed by atoms with van der Waals surface area (Å²) in [6, 6.07) is 27.8. The number of nitrogens with one attached hydrogen (secondary N) is 2. The minimum Gasteiger partial charge on any atom is -0.497 e. The van der Waals surface area contributed by atoms with Crippen LogP contribution in [-0.4, -0.2) is 72.9 Å². The number of fused-ring (bicyclic) bond motifs is 2. The van der Waals surface area contributed by atoms with Gasteiger partial charge in [-0.2, -0.15) is 5.10 Å². The van der Waals surface area contributed by atoms with Crippen LogP contribution in [0.4, 0.5) is 4.79 Å². The van der Waals surface area contributed by atoms with E-state index >= 15 is 0 Å². The van der Waals surface area contributed by atoms with Gasteiger partial charge in [0.05, 0.1) is 53.9 Å². The van der Waals surface area contributed by atoms with E-state index in [2.05, 4.69) is 97.8 Å². The summed E-state index contributed by atoms with van der Waals surface area (Å²) in [4.78, 5) is 33.1. The predicted octanol–water partition coefficient (Wildman–Crippen LogP) is 9.25. The largest absolute Gasteiger partial charge is 0.497 e. The number of carbonyl (C=O) groups is 2. The lowest BCUT2D eigenvalue weighted by atomic mass is 10.1. The second kappa shape index (κ2) is 21.8. The maximum Gasteiger partial charge on any atom is 0.299 e. The molecule has 0 bridgehead atoms. The molecule has 0 fully saturated rings. The fourth-order valence-electron chi connectivity index (χ4n) is 6.39. The molecule has 4 N–H and O–H groups in total. The van der Waals surface area contributed by atoms with Crippen molar-refractivity contribution in [1.29, 1.82) is 0 Å². The third-order valence-corrected chi connectivity index (χ3v) is 10.6. The van der Waals surface area contributed by atoms with Crippen LogP contribution >= 0.6 is 39.9 Å². The molecule has 16 heteroatoms. The normalized spacial score (nSPS) is 12.2. The summed E-state index contributed by atoms with van der Waals surface area (Å²) in [6.07, 6.45) is 0. The molecule has 3 heterocycles. The molecule has 1 aliphatic rings. The van der Waals surface area contributed by atoms with Gasteiger partial charge in [-0.25, -0.2) is 21.2 Å². The molecule has 4 aromatic carbocycles. The van der Waals surface area contributed by atoms with Crippen LogP contribution in [-0.2, 0) is 17.8 Å². The number of benzene rings is 4. The van der Waals surface area contributed by atoms with Crippen LogP contribution in [0.5, 0.6) is 11.5 Å². The third kappa shape index (κ3) is 11.7. The lowest BCUT2D eigenvalue weighted by Crippen LogP contribution is -2.30. The number of thioether (sulfide) groups is 1. The van der Waals surface area contributed by atoms with Crippen molar-refractivity contribution in [2.24, 2.45) is 22.8 Å². The average molecular weight is 916 g/mol. The second-order valence-corrected chi connectivity index (χ2v) is 16.3. The van der Waals surface area contributed by atoms with Gasteiger partial charge in [0.2, 0.25) is 0 Å². The molecule has 0 atom stereocenters. The minimum absolute atomic E-state index is 0.0586. The lowest BCUT2D eigenvalue weighted by Gasteiger charge is -2.13. The van der Waals surface area contributed by atoms with Crippen LogP contribution in [0, 0.1) is 11.8 Å². The van der Waals surface area contributed by atoms with Crippen molar-refractivity contribution in [3.63, 3.8) is 0 Å². The predicted molar refractivity (Wildman–Crippen MR) is 250 cm³/mol. The van der Waals surface area contributed by atoms with Crippen LogP contribution in [0.15, 0.2) is 90.0 Å². The van der Waals surface area contributed by atoms with Gasteiger partial charge in [-0.05, 0) is 85.6 Å². The van der Waals surface area contributed by atoms with E-state index in [1.807, 2.05) is 79.7 Å². The van der Waals surface area contributed by atoms with Gasteiger partial charge < -0.3 is 23.3 Å². The molecule has 1 amide bonds. The number of amides is 1. The standard InChI is InChI=1S/C21H22N4O2S.C20H21BrN2O2.C3H8N2OS/c1-13(2)11-25-19-8-7-14(18-12-28-21(26)24-23-18)10-17(19)22-20(25)15-5-4-6-16(9-15)27-3;1-13(2)12-23-18-8-7-14(19(24)11-21)10-17(18)22-20(23)15-5-4-6-16(9-15)25-3;1-2-6-3(7)5-4/h4-10,13H,11-12H2,1-3H3,(H,24,26);4-10,13H,11-12H2,1-3H3;2,4H2,1H3,(H,5,7). The van der Waals surface area contributed by atoms with Crippen molar-refractivity contribution < 1.29 is 23.8 Å². The first-order valence-corrected chi connectivity index (χ1v) is 21.9. The lowest BCUT2D eigenvalue weighted by molar-refractivity contribution is 0.102. The molecule has 7 rings (SSSR count). The Morgan fingerprint density at radius 1 is 0.850 bits per heavy atom. The summed E-state index contributed by atoms with van der Waals surface area (Å²) >= 11 is 8.95. The molecule has 316 valence electrons. The number of ether oxygens (including phenoxy) is 3. The van der Waals surface area contributed by atoms with Crippen LogP contribution in [0.3, 0.4) is 0 Å². The van der Waals surface area contributed by atoms with E-state index in [4.69, 9.17) is 25.3 Å². The number of hydrogen-bond acceptors (Lipinski definition) is 11. The molecular weight excluding hydrogens is 865 g/mol. The highest BCUT2D eigenvalue weighted by atomic mass is 79.9. The molecule has 2 aromatic heterocycles. The van der Waals surface area contributed by atoms with Gasteiger partial charge in [0.1, 0.15) is 23.1 Å². The monoisotopic (exact) mass is 914 g/mol. The van der Waals surface area contributed by atoms with E-state index in [9.17, 15) is 9.59 Å². The number of hydrogen-bond donors (Lipinski definition) is 3. The Bertz CT molecular complexity index is 2480. The fourth-order valence-corrected chi connectivity index (χ4v) is 7.44. The van der Waals surface area contributed by atoms with E-state index < -0.39 is 0 Å². The van der Waals surface area contributed by atoms with Crippen molar-refractivity contribution in [3.05, 3.63) is 96.1 Å². The quantitative estimate of drug-likeness (QED) is 0.0353. The van der Waals surface area contributed by atoms with Crippen molar-refractivity contribution in [2.45, 2.75) is 47.7 Å². The number of alkyl halides is 1. The highest BCUT2D eigenvalue weighted by molar-refractivity contribution is 9.09. The molecular formula is C44H51BrN8O5S2. The van der Waals surface area contributed by atoms with Crippen LogP contribution < -0.4 is 26.2 Å². The molecule has 0 aliphatic carbocycles. The Kier molecular flexibility index (Phi) is 16.6. The van der Waals surface area contributed by atoms with Gasteiger partial charge >= 0.3 is 0 Å². The van der Waals surface area contributed by atoms with Crippen LogP contribution in [0.25, 0.3) is 44.8 Å². The van der Waals surface area contributed by atoms with Gasteiger partial charge in [0.15, 0.2) is 5.78 Å². The first-order valence-electron chi connectivity index (χ1n) is 19.4. The molecule has 13 nitrogen and oxygen atoms in total. The Hall–Kier alpha value is -5.29. The second-order valence-electron chi connectivity index (χ2n) is 14.4. The molecule has 60 heavy (non-hydrogen) atoms. The molecule has 0 saturated heterocycles. The van der Waals surface area contributed by atoms with Crippen molar-refractivity contribution in [1.82, 2.24) is 30.0 Å². The Labute approximate surface area is 368 Å². The summed E-state index contributed by atoms with van der Waals surface area (Å²) in [5, 5.41) is 4.62. The topological polar surface area (TPSA) is 160 Å². The van der Waals surface area contributed by atoms with Gasteiger partial charge in [0.25, 0.3) is 10.4 Å². The van der Waals surface area contributed by atoms with Gasteiger partial charge in [-0.1, -0.05) is 85.7 Å². The SMILES string of the molecule is CCOC(=S)NN.COc1cccc(-c2nc3cc(C(=O)CBr)ccc3n2CC(C)C)c1.COc1cccc(-c2nc3cc(C4=NNC(=O)SC4)ccc3n2CC(C)C)c1. The average Bonchev–Trinajstić information content (AvgIpc) is 3.80. The number of ketones is 1. The van der Waals surface area contributed by atoms with Crippen molar-refractivity contribution >= 4 is 83.9 Å². The summed E-state index contributed by atoms with van der Waals surface area (Å²) in [5.74, 6) is 9.85. The number of Topliss-reactive ketones (excluding diaryl/α,β-unsaturated/α-hetero) is 1. The molecule has 0 spiro atoms. The zero-order valence-electron chi connectivity index (χ0n) is 34.8. The fraction of sp³-hybridized carbons (Fsp3) is 0.318. The molecule has 0 saturated carbocycles. The number of methoxy groups -OCH3 is 2. The highest BCUT2D eigenvalue weighted by Crippen LogP contribution is 2.31. The number of nitrogens with zero attached hydrogens (tertiary/aromatic N) is 5. The van der Waals surface area contributed by atoms with Gasteiger partial charge in [-0.15, -0.1) is 0 Å². The van der Waals surface area contributed by atoms with Crippen LogP contribution in [0.2, 0.25) is 0 Å². The maximum atomic E-state index is 12.0. The summed E-state index contributed by atoms with van der Waals surface area (Å²) in [5.41, 5.74) is 13.1. The highest BCUT2D eigenvalue weighted by Gasteiger charge is 2.19. The van der Waals surface area contributed by atoms with E-state index in [1.165, 1.54) is 11.8 Å². The number of halogens is 1. The molecule has 1 aliphatic heterocycles. The molecule has 0 unspecified atom stereocenters. The van der Waals surface area contributed by atoms with Crippen molar-refractivity contribution in [3.8, 4) is 34.3 Å². The smallest absolute Gasteiger partial charge is 0.299 e. The number of hydrazine groups is 1. The van der Waals surface area contributed by atoms with Crippen LogP contribution in [0.1, 0.15) is 50.5 Å². The Morgan fingerprint density at radius 2 is 1.40 bits per heavy atom. The van der Waals surface area contributed by atoms with Gasteiger partial charge in [-0.3, -0.25) is 15.0 Å². The number of aromatic nitrogens is 4. The van der Waals surface area contributed by atoms with E-state index in [-0.39, 0.29) is 16.2 Å². The summed E-state index contributed by atoms with van der Waals surface area (Å²) in [7, 11) is 3.33. The number of carbonyl (C=O) groups excluding carboxylic acids is 2. The van der Waals surface area contributed by atoms with E-state index in [0.29, 0.717) is 35.1 Å². The molecule has 0 radical (unpaired) electrons. The number of thiocarbonyl (C=S) groups is 1. The van der Waals surface area contributed by atoms with E-state index in [0.717, 1.165) is 80.7 Å². The zero-order valence-corrected chi connectivity index (χ0v) is 38.0. The molecule has 6 aromatic rings. The maximum absolute atomic E-state index is 12.0. The Morgan fingerprint density at radius 3 is 1.85 bits per heavy atom. The first-order chi connectivity index (χ1) is 28.9. The Balaban J connectivity index is 0.000000198. The summed E-state index contributed by atoms with van der Waals surface area (Å²) < 4.78 is 19.9. The zero-order chi connectivity index (χ0) is 43.3. The minimum atomic E-state index is -0.119. The number of nitrogens with two attached hydrogens (primary N) is 1. The number of rotatable bonds is 12. The number of imidazole rings is 2. The van der Waals surface area contributed by atoms with Gasteiger partial charge in [0, 0.05) is 41.1 Å². The third-order valence-electron chi connectivity index (χ3n) is 9.04. The first kappa shape index (κ1) is 45.8. The van der Waals surface area contributed by atoms with Crippen molar-refractivity contribution in [2.75, 3.05) is 31.9 Å². The summed E-state index contributed by atoms with van der Waals surface area (Å²) in [6.45, 7) is 12.9.